The molecule has 0 amide bonds. The summed E-state index contributed by atoms with van der Waals surface area (Å²) < 4.78 is 13.0. The number of hydrogen-bond donors (Lipinski definition) is 0. The molecule has 3 aromatic rings. The van der Waals surface area contributed by atoms with Gasteiger partial charge in [-0.05, 0) is 62.0 Å². The zero-order valence-electron chi connectivity index (χ0n) is 21.2. The van der Waals surface area contributed by atoms with E-state index in [4.69, 9.17) is 8.84 Å². The van der Waals surface area contributed by atoms with Gasteiger partial charge in [0, 0.05) is 5.69 Å². The summed E-state index contributed by atoms with van der Waals surface area (Å²) in [6, 6.07) is 16.7. The first-order valence-electron chi connectivity index (χ1n) is 12.3. The number of oxazole rings is 1. The number of nitrogens with zero attached hydrogens (tertiary/aromatic N) is 2. The van der Waals surface area contributed by atoms with E-state index in [2.05, 4.69) is 74.2 Å². The van der Waals surface area contributed by atoms with Crippen LogP contribution in [0.5, 0.6) is 0 Å². The molecule has 4 nitrogen and oxygen atoms in total. The van der Waals surface area contributed by atoms with Crippen LogP contribution in [0.3, 0.4) is 0 Å². The van der Waals surface area contributed by atoms with E-state index in [1.807, 2.05) is 25.1 Å². The van der Waals surface area contributed by atoms with Crippen molar-refractivity contribution in [2.75, 3.05) is 0 Å². The van der Waals surface area contributed by atoms with Gasteiger partial charge >= 0.3 is 0 Å². The Balaban J connectivity index is 1.63. The highest BCUT2D eigenvalue weighted by Gasteiger charge is 2.40. The number of hydrogen-bond acceptors (Lipinski definition) is 4. The van der Waals surface area contributed by atoms with Gasteiger partial charge in [0.2, 0.25) is 5.89 Å². The van der Waals surface area contributed by atoms with Crippen LogP contribution in [0.2, 0.25) is 18.1 Å². The molecular formula is C28H40N2O2Si. The van der Waals surface area contributed by atoms with E-state index < -0.39 is 8.32 Å². The zero-order chi connectivity index (χ0) is 23.9. The maximum atomic E-state index is 6.80. The lowest BCUT2D eigenvalue weighted by atomic mass is 10.0. The summed E-state index contributed by atoms with van der Waals surface area (Å²) in [6.07, 6.45) is 8.51. The maximum absolute atomic E-state index is 6.80. The largest absolute Gasteiger partial charge is 0.436 e. The van der Waals surface area contributed by atoms with Crippen molar-refractivity contribution in [1.82, 2.24) is 9.97 Å². The smallest absolute Gasteiger partial charge is 0.222 e. The van der Waals surface area contributed by atoms with Gasteiger partial charge < -0.3 is 8.84 Å². The number of rotatable bonds is 11. The molecule has 33 heavy (non-hydrogen) atoms. The molecule has 0 aliphatic heterocycles. The second-order valence-corrected chi connectivity index (χ2v) is 15.3. The maximum Gasteiger partial charge on any atom is 0.222 e. The molecule has 5 heteroatoms. The third-order valence-corrected chi connectivity index (χ3v) is 11.2. The van der Waals surface area contributed by atoms with E-state index >= 15 is 0 Å². The van der Waals surface area contributed by atoms with Gasteiger partial charge in [-0.25, -0.2) is 9.97 Å². The molecule has 0 saturated heterocycles. The Bertz CT molecular complexity index is 992. The monoisotopic (exact) mass is 464 g/mol. The zero-order valence-corrected chi connectivity index (χ0v) is 22.2. The Hall–Kier alpha value is -2.24. The van der Waals surface area contributed by atoms with Gasteiger partial charge in [-0.1, -0.05) is 76.4 Å². The van der Waals surface area contributed by atoms with Crippen LogP contribution in [0, 0.1) is 6.92 Å². The van der Waals surface area contributed by atoms with Crippen LogP contribution in [0.4, 0.5) is 0 Å². The quantitative estimate of drug-likeness (QED) is 0.211. The molecule has 2 aromatic heterocycles. The fraction of sp³-hybridized carbons (Fsp3) is 0.500. The molecule has 1 unspecified atom stereocenters. The number of aromatic nitrogens is 2. The summed E-state index contributed by atoms with van der Waals surface area (Å²) in [5, 5.41) is 0.133. The minimum Gasteiger partial charge on any atom is -0.436 e. The molecule has 1 atom stereocenters. The topological polar surface area (TPSA) is 48.2 Å². The van der Waals surface area contributed by atoms with Gasteiger partial charge in [-0.3, -0.25) is 0 Å². The number of unbranched alkanes of at least 4 members (excludes halogenated alkanes) is 3. The predicted molar refractivity (Wildman–Crippen MR) is 139 cm³/mol. The van der Waals surface area contributed by atoms with Crippen molar-refractivity contribution < 1.29 is 8.84 Å². The lowest BCUT2D eigenvalue weighted by Crippen LogP contribution is -2.41. The highest BCUT2D eigenvalue weighted by atomic mass is 28.4. The van der Waals surface area contributed by atoms with Gasteiger partial charge in [0.15, 0.2) is 14.1 Å². The summed E-state index contributed by atoms with van der Waals surface area (Å²) in [5.41, 5.74) is 3.21. The molecular weight excluding hydrogens is 424 g/mol. The van der Waals surface area contributed by atoms with Crippen LogP contribution >= 0.6 is 0 Å². The standard InChI is InChI=1S/C28H40N2O2Si/c1-22-15-14-19-24(30-22)26-21-29-27(31-26)25(32-33(5,6)28(2,3)4)20-13-8-7-10-16-23-17-11-9-12-18-23/h9,11-12,14-15,17-19,21,25H,7-8,10,13,16,20H2,1-6H3. The van der Waals surface area contributed by atoms with Crippen LogP contribution in [0.25, 0.3) is 11.5 Å². The van der Waals surface area contributed by atoms with E-state index in [0.29, 0.717) is 11.7 Å². The molecule has 1 aromatic carbocycles. The lowest BCUT2D eigenvalue weighted by molar-refractivity contribution is 0.139. The van der Waals surface area contributed by atoms with Crippen molar-refractivity contribution in [3.63, 3.8) is 0 Å². The van der Waals surface area contributed by atoms with Crippen molar-refractivity contribution in [2.24, 2.45) is 0 Å². The molecule has 2 heterocycles. The fourth-order valence-corrected chi connectivity index (χ4v) is 4.94. The van der Waals surface area contributed by atoms with Gasteiger partial charge in [0.25, 0.3) is 0 Å². The summed E-state index contributed by atoms with van der Waals surface area (Å²) in [4.78, 5) is 9.22. The third kappa shape index (κ3) is 7.37. The van der Waals surface area contributed by atoms with Crippen molar-refractivity contribution in [2.45, 2.75) is 90.5 Å². The van der Waals surface area contributed by atoms with E-state index in [1.165, 1.54) is 24.8 Å². The molecule has 3 rings (SSSR count). The van der Waals surface area contributed by atoms with Crippen molar-refractivity contribution in [1.29, 1.82) is 0 Å². The van der Waals surface area contributed by atoms with Crippen molar-refractivity contribution >= 4 is 8.32 Å². The third-order valence-electron chi connectivity index (χ3n) is 6.71. The van der Waals surface area contributed by atoms with Crippen molar-refractivity contribution in [3.05, 3.63) is 71.9 Å². The second kappa shape index (κ2) is 11.3. The van der Waals surface area contributed by atoms with Gasteiger partial charge in [0.05, 0.1) is 6.20 Å². The number of benzene rings is 1. The fourth-order valence-electron chi connectivity index (χ4n) is 3.66. The Morgan fingerprint density at radius 3 is 2.36 bits per heavy atom. The van der Waals surface area contributed by atoms with Gasteiger partial charge in [-0.2, -0.15) is 0 Å². The highest BCUT2D eigenvalue weighted by molar-refractivity contribution is 6.74. The van der Waals surface area contributed by atoms with Gasteiger partial charge in [0.1, 0.15) is 11.8 Å². The number of aryl methyl sites for hydroxylation is 2. The lowest BCUT2D eigenvalue weighted by Gasteiger charge is -2.38. The van der Waals surface area contributed by atoms with Crippen molar-refractivity contribution in [3.8, 4) is 11.5 Å². The molecule has 0 radical (unpaired) electrons. The second-order valence-electron chi connectivity index (χ2n) is 10.5. The van der Waals surface area contributed by atoms with E-state index in [1.54, 1.807) is 6.20 Å². The normalized spacial score (nSPS) is 13.3. The molecule has 0 aliphatic carbocycles. The summed E-state index contributed by atoms with van der Waals surface area (Å²) in [6.45, 7) is 13.4. The molecule has 0 bridgehead atoms. The van der Waals surface area contributed by atoms with E-state index in [0.717, 1.165) is 30.7 Å². The molecule has 0 fully saturated rings. The predicted octanol–water partition coefficient (Wildman–Crippen LogP) is 8.30. The summed E-state index contributed by atoms with van der Waals surface area (Å²) >= 11 is 0. The van der Waals surface area contributed by atoms with E-state index in [-0.39, 0.29) is 11.1 Å². The average molecular weight is 465 g/mol. The molecule has 0 N–H and O–H groups in total. The first kappa shape index (κ1) is 25.4. The van der Waals surface area contributed by atoms with Crippen LogP contribution in [-0.2, 0) is 10.8 Å². The summed E-state index contributed by atoms with van der Waals surface area (Å²) in [7, 11) is -1.96. The Morgan fingerprint density at radius 1 is 0.939 bits per heavy atom. The minimum atomic E-state index is -1.96. The first-order valence-corrected chi connectivity index (χ1v) is 15.2. The first-order chi connectivity index (χ1) is 15.7. The average Bonchev–Trinajstić information content (AvgIpc) is 3.25. The van der Waals surface area contributed by atoms with Crippen LogP contribution in [0.1, 0.15) is 76.1 Å². The Kier molecular flexibility index (Phi) is 8.66. The minimum absolute atomic E-state index is 0.112. The molecule has 0 saturated carbocycles. The number of pyridine rings is 1. The highest BCUT2D eigenvalue weighted by Crippen LogP contribution is 2.41. The molecule has 0 spiro atoms. The Morgan fingerprint density at radius 2 is 1.67 bits per heavy atom. The van der Waals surface area contributed by atoms with E-state index in [9.17, 15) is 0 Å². The van der Waals surface area contributed by atoms with Gasteiger partial charge in [-0.15, -0.1) is 0 Å². The molecule has 178 valence electrons. The van der Waals surface area contributed by atoms with Crippen LogP contribution < -0.4 is 0 Å². The summed E-state index contributed by atoms with van der Waals surface area (Å²) in [5.74, 6) is 1.39. The Labute approximate surface area is 201 Å². The SMILES string of the molecule is Cc1cccc(-c2cnc(C(CCCCCCc3ccccc3)O[Si](C)(C)C(C)(C)C)o2)n1. The van der Waals surface area contributed by atoms with Crippen LogP contribution in [-0.4, -0.2) is 18.3 Å². The van der Waals surface area contributed by atoms with Crippen LogP contribution in [0.15, 0.2) is 59.1 Å². The molecule has 0 aliphatic rings.